The zero-order chi connectivity index (χ0) is 12.6. The number of carbonyl (C=O) groups is 1. The van der Waals surface area contributed by atoms with Crippen molar-refractivity contribution < 1.29 is 13.2 Å². The minimum absolute atomic E-state index is 0.00730. The largest absolute Gasteiger partial charge is 0.299 e. The first-order valence-electron chi connectivity index (χ1n) is 6.21. The molecule has 0 aromatic rings. The van der Waals surface area contributed by atoms with Gasteiger partial charge in [0.25, 0.3) is 0 Å². The summed E-state index contributed by atoms with van der Waals surface area (Å²) in [6.07, 6.45) is 2.52. The van der Waals surface area contributed by atoms with E-state index in [2.05, 4.69) is 0 Å². The van der Waals surface area contributed by atoms with Crippen LogP contribution < -0.4 is 0 Å². The highest BCUT2D eigenvalue weighted by atomic mass is 35.7. The van der Waals surface area contributed by atoms with Gasteiger partial charge in [0, 0.05) is 27.9 Å². The monoisotopic (exact) mass is 276 g/mol. The Bertz CT molecular complexity index is 498. The zero-order valence-electron chi connectivity index (χ0n) is 10.1. The second kappa shape index (κ2) is 3.08. The van der Waals surface area contributed by atoms with Crippen molar-refractivity contribution in [1.29, 1.82) is 0 Å². The first-order valence-corrected chi connectivity index (χ1v) is 8.69. The lowest BCUT2D eigenvalue weighted by Crippen LogP contribution is -2.30. The van der Waals surface area contributed by atoms with Crippen LogP contribution in [-0.2, 0) is 13.8 Å². The number of ketones is 1. The molecular formula is C12H17ClO3S. The molecule has 0 heterocycles. The normalized spacial score (nSPS) is 47.6. The van der Waals surface area contributed by atoms with Crippen molar-refractivity contribution in [2.75, 3.05) is 5.75 Å². The van der Waals surface area contributed by atoms with E-state index in [1.807, 2.05) is 13.8 Å². The molecule has 3 aliphatic rings. The quantitative estimate of drug-likeness (QED) is 0.743. The molecular weight excluding hydrogens is 260 g/mol. The van der Waals surface area contributed by atoms with Gasteiger partial charge in [0.2, 0.25) is 9.05 Å². The van der Waals surface area contributed by atoms with Crippen LogP contribution in [0.1, 0.15) is 33.1 Å². The highest BCUT2D eigenvalue weighted by molar-refractivity contribution is 8.13. The Morgan fingerprint density at radius 1 is 1.47 bits per heavy atom. The minimum Gasteiger partial charge on any atom is -0.299 e. The van der Waals surface area contributed by atoms with E-state index in [9.17, 15) is 13.2 Å². The second-order valence-electron chi connectivity index (χ2n) is 6.27. The van der Waals surface area contributed by atoms with Gasteiger partial charge in [-0.25, -0.2) is 8.42 Å². The van der Waals surface area contributed by atoms with Crippen LogP contribution in [0.15, 0.2) is 0 Å². The lowest BCUT2D eigenvalue weighted by Gasteiger charge is -2.25. The van der Waals surface area contributed by atoms with Gasteiger partial charge in [-0.3, -0.25) is 4.79 Å². The molecule has 0 amide bonds. The van der Waals surface area contributed by atoms with E-state index in [1.54, 1.807) is 0 Å². The Kier molecular flexibility index (Phi) is 2.17. The maximum Gasteiger partial charge on any atom is 0.233 e. The number of carbonyl (C=O) groups excluding carboxylic acids is 1. The Hall–Kier alpha value is -0.0900. The zero-order valence-corrected chi connectivity index (χ0v) is 11.6. The van der Waals surface area contributed by atoms with Gasteiger partial charge in [0.15, 0.2) is 0 Å². The molecule has 0 aromatic heterocycles. The van der Waals surface area contributed by atoms with Crippen LogP contribution in [-0.4, -0.2) is 20.0 Å². The van der Waals surface area contributed by atoms with Gasteiger partial charge in [-0.05, 0) is 30.6 Å². The van der Waals surface area contributed by atoms with Crippen molar-refractivity contribution in [2.24, 2.45) is 28.6 Å². The molecule has 3 nitrogen and oxygen atoms in total. The van der Waals surface area contributed by atoms with Crippen molar-refractivity contribution in [3.8, 4) is 0 Å². The smallest absolute Gasteiger partial charge is 0.233 e. The third-order valence-electron chi connectivity index (χ3n) is 5.51. The van der Waals surface area contributed by atoms with Crippen molar-refractivity contribution in [3.63, 3.8) is 0 Å². The summed E-state index contributed by atoms with van der Waals surface area (Å²) in [5, 5.41) is 0. The van der Waals surface area contributed by atoms with E-state index in [0.29, 0.717) is 18.1 Å². The van der Waals surface area contributed by atoms with Crippen molar-refractivity contribution in [3.05, 3.63) is 0 Å². The topological polar surface area (TPSA) is 51.2 Å². The van der Waals surface area contributed by atoms with Gasteiger partial charge in [-0.2, -0.15) is 0 Å². The van der Waals surface area contributed by atoms with Crippen molar-refractivity contribution in [1.82, 2.24) is 0 Å². The maximum atomic E-state index is 12.3. The lowest BCUT2D eigenvalue weighted by molar-refractivity contribution is -0.125. The third kappa shape index (κ3) is 1.19. The second-order valence-corrected chi connectivity index (χ2v) is 9.04. The van der Waals surface area contributed by atoms with Gasteiger partial charge < -0.3 is 0 Å². The Morgan fingerprint density at radius 2 is 2.12 bits per heavy atom. The number of halogens is 1. The van der Waals surface area contributed by atoms with Crippen LogP contribution in [0, 0.1) is 28.6 Å². The number of hydrogen-bond acceptors (Lipinski definition) is 3. The van der Waals surface area contributed by atoms with Crippen molar-refractivity contribution >= 4 is 25.5 Å². The van der Waals surface area contributed by atoms with E-state index in [-0.39, 0.29) is 28.4 Å². The summed E-state index contributed by atoms with van der Waals surface area (Å²) < 4.78 is 22.8. The molecule has 2 unspecified atom stereocenters. The summed E-state index contributed by atoms with van der Waals surface area (Å²) in [5.41, 5.74) is -0.681. The van der Waals surface area contributed by atoms with Crippen molar-refractivity contribution in [2.45, 2.75) is 33.1 Å². The van der Waals surface area contributed by atoms with E-state index in [0.717, 1.165) is 12.8 Å². The first kappa shape index (κ1) is 12.0. The van der Waals surface area contributed by atoms with E-state index in [4.69, 9.17) is 10.7 Å². The van der Waals surface area contributed by atoms with E-state index < -0.39 is 9.05 Å². The first-order chi connectivity index (χ1) is 7.76. The molecule has 0 radical (unpaired) electrons. The average molecular weight is 277 g/mol. The molecule has 4 atom stereocenters. The standard InChI is InChI=1S/C12H17ClO3S/c1-7(2)12-9(14)5-8-3-4-11(12,10(8)12)6-17(13,15)16/h7-8,10H,3-6H2,1-2H3/t8-,10?,11+,12?/m1/s1. The highest BCUT2D eigenvalue weighted by Crippen LogP contribution is 2.85. The van der Waals surface area contributed by atoms with Crippen LogP contribution in [0.5, 0.6) is 0 Å². The number of Topliss-reactive ketones (excluding diaryl/α,β-unsaturated/α-hetero) is 1. The highest BCUT2D eigenvalue weighted by Gasteiger charge is 2.87. The van der Waals surface area contributed by atoms with E-state index in [1.165, 1.54) is 0 Å². The number of fused-ring (bicyclic) bond motifs is 1. The molecule has 0 bridgehead atoms. The van der Waals surface area contributed by atoms with Gasteiger partial charge in [-0.1, -0.05) is 13.8 Å². The molecule has 3 saturated carbocycles. The summed E-state index contributed by atoms with van der Waals surface area (Å²) in [4.78, 5) is 12.3. The van der Waals surface area contributed by atoms with Crippen LogP contribution in [0.4, 0.5) is 0 Å². The fraction of sp³-hybridized carbons (Fsp3) is 0.917. The van der Waals surface area contributed by atoms with Gasteiger partial charge in [0.1, 0.15) is 5.78 Å². The molecule has 0 saturated heterocycles. The van der Waals surface area contributed by atoms with Gasteiger partial charge in [0.05, 0.1) is 5.75 Å². The molecule has 0 spiro atoms. The summed E-state index contributed by atoms with van der Waals surface area (Å²) >= 11 is 0. The van der Waals surface area contributed by atoms with Crippen LogP contribution in [0.3, 0.4) is 0 Å². The van der Waals surface area contributed by atoms with Gasteiger partial charge in [-0.15, -0.1) is 0 Å². The summed E-state index contributed by atoms with van der Waals surface area (Å²) in [6.45, 7) is 4.09. The summed E-state index contributed by atoms with van der Waals surface area (Å²) in [5.74, 6) is 1.22. The maximum absolute atomic E-state index is 12.3. The Morgan fingerprint density at radius 3 is 2.59 bits per heavy atom. The average Bonchev–Trinajstić information content (AvgIpc) is 2.41. The number of hydrogen-bond donors (Lipinski definition) is 0. The van der Waals surface area contributed by atoms with E-state index >= 15 is 0 Å². The molecule has 0 aliphatic heterocycles. The molecule has 96 valence electrons. The minimum atomic E-state index is -3.52. The SMILES string of the molecule is CC(C)C12C(=O)C[C@H]3CC[C@]1(CS(=O)(=O)Cl)C32. The number of rotatable bonds is 3. The summed E-state index contributed by atoms with van der Waals surface area (Å²) in [7, 11) is 1.92. The van der Waals surface area contributed by atoms with Crippen LogP contribution in [0.2, 0.25) is 0 Å². The molecule has 0 aromatic carbocycles. The molecule has 5 heteroatoms. The van der Waals surface area contributed by atoms with Crippen LogP contribution >= 0.6 is 10.7 Å². The van der Waals surface area contributed by atoms with Gasteiger partial charge >= 0.3 is 0 Å². The molecule has 0 N–H and O–H groups in total. The lowest BCUT2D eigenvalue weighted by atomic mass is 9.80. The molecule has 3 aliphatic carbocycles. The molecule has 17 heavy (non-hydrogen) atoms. The summed E-state index contributed by atoms with van der Waals surface area (Å²) in [6, 6.07) is 0. The Balaban J connectivity index is 2.06. The van der Waals surface area contributed by atoms with Crippen LogP contribution in [0.25, 0.3) is 0 Å². The fourth-order valence-electron chi connectivity index (χ4n) is 5.37. The fourth-order valence-corrected chi connectivity index (χ4v) is 7.14. The molecule has 3 fully saturated rings. The third-order valence-corrected chi connectivity index (χ3v) is 6.70. The Labute approximate surface area is 106 Å². The predicted octanol–water partition coefficient (Wildman–Crippen LogP) is 2.20. The predicted molar refractivity (Wildman–Crippen MR) is 65.2 cm³/mol. The molecule has 3 rings (SSSR count).